The largest absolute Gasteiger partial charge is 0.566 e. The lowest BCUT2D eigenvalue weighted by molar-refractivity contribution is -0.458. The number of nitrogens with one attached hydrogen (secondary N) is 5. The van der Waals surface area contributed by atoms with Gasteiger partial charge in [-0.15, -0.1) is 0 Å². The zero-order valence-electron chi connectivity index (χ0n) is 56.1. The summed E-state index contributed by atoms with van der Waals surface area (Å²) in [5.74, 6) is -19.3. The SMILES string of the molecule is CC(NC(=O)C(CO)CC(=O)C(NC(=O)C(CCCN=C(N)N)CC(=O)C(NC(=O)C(CC(=O)COCCOCCNC(=O)CCC(=O)NCC1CN2CCN3CCN4CCN(CC2)CC(=O)OC(OC(=O)C4)(OC(=O)C3)O1)C(C)O)C(C)C)C(C)O)C(=O)CC(CC(=O)O)C(=O)O. The third-order valence-electron chi connectivity index (χ3n) is 16.5. The van der Waals surface area contributed by atoms with Gasteiger partial charge in [0.15, 0.2) is 29.1 Å². The lowest BCUT2D eigenvalue weighted by Crippen LogP contribution is -2.54. The second kappa shape index (κ2) is 41.6. The van der Waals surface area contributed by atoms with E-state index in [1.165, 1.54) is 13.8 Å². The van der Waals surface area contributed by atoms with E-state index in [-0.39, 0.29) is 97.3 Å². The lowest BCUT2D eigenvalue weighted by Gasteiger charge is -2.35. The van der Waals surface area contributed by atoms with Gasteiger partial charge in [0.1, 0.15) is 12.6 Å². The van der Waals surface area contributed by atoms with Gasteiger partial charge in [-0.1, -0.05) is 13.8 Å². The zero-order valence-corrected chi connectivity index (χ0v) is 56.1. The summed E-state index contributed by atoms with van der Waals surface area (Å²) in [6.07, 6.45) is -10.9. The van der Waals surface area contributed by atoms with Gasteiger partial charge >= 0.3 is 36.0 Å². The van der Waals surface area contributed by atoms with Crippen LogP contribution in [0.4, 0.5) is 0 Å². The van der Waals surface area contributed by atoms with E-state index in [0.29, 0.717) is 52.4 Å². The number of fused-ring (bicyclic) bond motifs is 12. The topological polar surface area (TPSA) is 533 Å². The molecule has 12 unspecified atom stereocenters. The number of carboxylic acids is 2. The molecule has 0 aromatic rings. The average molecular weight is 1400 g/mol. The van der Waals surface area contributed by atoms with E-state index in [2.05, 4.69) is 31.6 Å². The Morgan fingerprint density at radius 1 is 0.602 bits per heavy atom. The van der Waals surface area contributed by atoms with Crippen LogP contribution in [-0.2, 0) is 95.5 Å². The van der Waals surface area contributed by atoms with Crippen molar-refractivity contribution < 1.29 is 121 Å². The number of nitrogens with zero attached hydrogens (tertiary/aromatic N) is 5. The predicted molar refractivity (Wildman–Crippen MR) is 338 cm³/mol. The Balaban J connectivity index is 1.24. The minimum Gasteiger partial charge on any atom is -0.481 e. The van der Waals surface area contributed by atoms with Gasteiger partial charge in [-0.3, -0.25) is 96.5 Å². The first-order valence-electron chi connectivity index (χ1n) is 32.7. The quantitative estimate of drug-likeness (QED) is 0.0117. The third kappa shape index (κ3) is 29.8. The summed E-state index contributed by atoms with van der Waals surface area (Å²) in [4.78, 5) is 194. The molecule has 12 atom stereocenters. The summed E-state index contributed by atoms with van der Waals surface area (Å²) in [6.45, 7) is 8.12. The zero-order chi connectivity index (χ0) is 72.8. The van der Waals surface area contributed by atoms with Crippen LogP contribution in [0.1, 0.15) is 92.4 Å². The van der Waals surface area contributed by atoms with Gasteiger partial charge in [-0.2, -0.15) is 0 Å². The number of esters is 3. The van der Waals surface area contributed by atoms with E-state index < -0.39 is 200 Å². The van der Waals surface area contributed by atoms with Crippen LogP contribution in [0.15, 0.2) is 4.99 Å². The molecule has 0 saturated carbocycles. The first-order valence-corrected chi connectivity index (χ1v) is 32.7. The lowest BCUT2D eigenvalue weighted by atomic mass is 9.88. The van der Waals surface area contributed by atoms with Crippen LogP contribution >= 0.6 is 0 Å². The number of carboxylic acid groups (broad SMARTS) is 2. The van der Waals surface area contributed by atoms with E-state index in [1.807, 2.05) is 19.6 Å². The molecule has 552 valence electrons. The van der Waals surface area contributed by atoms with Gasteiger partial charge in [0.2, 0.25) is 29.5 Å². The van der Waals surface area contributed by atoms with Crippen molar-refractivity contribution in [2.45, 2.75) is 135 Å². The van der Waals surface area contributed by atoms with Crippen LogP contribution in [0.25, 0.3) is 0 Å². The van der Waals surface area contributed by atoms with Crippen LogP contribution in [0.2, 0.25) is 0 Å². The van der Waals surface area contributed by atoms with Crippen molar-refractivity contribution in [1.82, 2.24) is 46.2 Å². The highest BCUT2D eigenvalue weighted by molar-refractivity contribution is 5.98. The summed E-state index contributed by atoms with van der Waals surface area (Å²) in [6, 6.07) is -4.39. The third-order valence-corrected chi connectivity index (χ3v) is 16.5. The maximum Gasteiger partial charge on any atom is 0.566 e. The molecule has 0 aromatic heterocycles. The van der Waals surface area contributed by atoms with E-state index in [0.717, 1.165) is 6.92 Å². The number of ether oxygens (including phenoxy) is 6. The van der Waals surface area contributed by atoms with Crippen LogP contribution in [0.3, 0.4) is 0 Å². The molecule has 98 heavy (non-hydrogen) atoms. The smallest absolute Gasteiger partial charge is 0.481 e. The number of amides is 5. The molecule has 4 aliphatic rings. The number of aliphatic imine (C=N–C) groups is 1. The molecule has 4 saturated heterocycles. The Labute approximate surface area is 566 Å². The summed E-state index contributed by atoms with van der Waals surface area (Å²) >= 11 is 0. The molecule has 4 aliphatic heterocycles. The second-order valence-electron chi connectivity index (χ2n) is 25.1. The van der Waals surface area contributed by atoms with Crippen LogP contribution in [0.5, 0.6) is 0 Å². The number of nitrogens with two attached hydrogens (primary N) is 2. The molecule has 4 rings (SSSR count). The molecule has 37 heteroatoms. The van der Waals surface area contributed by atoms with Crippen LogP contribution in [-0.4, -0.2) is 307 Å². The van der Waals surface area contributed by atoms with Crippen molar-refractivity contribution in [3.8, 4) is 0 Å². The summed E-state index contributed by atoms with van der Waals surface area (Å²) in [5.41, 5.74) is 10.9. The molecule has 5 amide bonds. The highest BCUT2D eigenvalue weighted by atomic mass is 17.0. The van der Waals surface area contributed by atoms with Gasteiger partial charge in [-0.05, 0) is 39.5 Å². The first kappa shape index (κ1) is 82.7. The number of carbonyl (C=O) groups is 14. The van der Waals surface area contributed by atoms with Gasteiger partial charge in [0.25, 0.3) is 0 Å². The van der Waals surface area contributed by atoms with Gasteiger partial charge in [0, 0.05) is 123 Å². The van der Waals surface area contributed by atoms with Crippen LogP contribution < -0.4 is 38.1 Å². The van der Waals surface area contributed by atoms with Crippen molar-refractivity contribution in [2.75, 3.05) is 131 Å². The minimum atomic E-state index is -2.89. The maximum absolute atomic E-state index is 14.1. The Morgan fingerprint density at radius 2 is 1.10 bits per heavy atom. The number of guanidine groups is 1. The summed E-state index contributed by atoms with van der Waals surface area (Å²) < 4.78 is 33.7. The monoisotopic (exact) mass is 1400 g/mol. The van der Waals surface area contributed by atoms with Gasteiger partial charge in [-0.25, -0.2) is 0 Å². The van der Waals surface area contributed by atoms with E-state index >= 15 is 0 Å². The molecular weight excluding hydrogens is 1300 g/mol. The number of aliphatic hydroxyl groups is 3. The number of rotatable bonds is 41. The fourth-order valence-electron chi connectivity index (χ4n) is 10.9. The van der Waals surface area contributed by atoms with Crippen molar-refractivity contribution in [3.63, 3.8) is 0 Å². The number of hydrogen-bond acceptors (Lipinski definition) is 28. The first-order chi connectivity index (χ1) is 46.3. The summed E-state index contributed by atoms with van der Waals surface area (Å²) in [5, 5.41) is 62.4. The normalized spacial score (nSPS) is 23.1. The highest BCUT2D eigenvalue weighted by Gasteiger charge is 2.51. The molecular formula is C61H98N12O25. The number of aliphatic carboxylic acids is 2. The van der Waals surface area contributed by atoms with E-state index in [9.17, 15) is 87.5 Å². The standard InChI is InChI=1S/C61H98N12O25/c1-35(2)54(46(79)23-39(7-6-10-65-60(62)63)56(88)69-55(38(5)76)47(80)25-41(33-74)57(89)67-36(3)45(78)24-40(59(91)92)26-50(83)84)68-58(90)44(37(4)75)27-42(77)34-94-22-21-93-20-11-64-48(81)8-9-49(82)66-28-43-29-70-12-14-71-16-18-73-19-17-72(15-13-70)31-52(86)97-61(95-43,96-51(85)30-71)98-53(87)32-73/h35-41,43-44,54-55,74-76H,6-34H2,1-5H3,(H,64,81)(H,66,82)(H,67,89)(H,68,90)(H,69,88)(H,83,84)(H,91,92)(H4,62,63,65). The molecule has 4 heterocycles. The molecule has 0 aliphatic carbocycles. The summed E-state index contributed by atoms with van der Waals surface area (Å²) in [7, 11) is 0. The van der Waals surface area contributed by atoms with Gasteiger partial charge < -0.3 is 87.3 Å². The highest BCUT2D eigenvalue weighted by Crippen LogP contribution is 2.26. The Bertz CT molecular complexity index is 2740. The Morgan fingerprint density at radius 3 is 1.61 bits per heavy atom. The Hall–Kier alpha value is -7.75. The predicted octanol–water partition coefficient (Wildman–Crippen LogP) is -6.28. The molecule has 37 nitrogen and oxygen atoms in total. The molecule has 4 fully saturated rings. The average Bonchev–Trinajstić information content (AvgIpc) is 1.53. The number of hydrogen-bond donors (Lipinski definition) is 12. The van der Waals surface area contributed by atoms with Crippen molar-refractivity contribution in [1.29, 1.82) is 0 Å². The van der Waals surface area contributed by atoms with Gasteiger partial charge in [0.05, 0.1) is 101 Å². The molecule has 14 N–H and O–H groups in total. The molecule has 0 aromatic carbocycles. The maximum atomic E-state index is 14.1. The van der Waals surface area contributed by atoms with E-state index in [4.69, 9.17) is 45.0 Å². The fraction of sp³-hybridized carbons (Fsp3) is 0.754. The minimum absolute atomic E-state index is 0.00170. The Kier molecular flexibility index (Phi) is 35.1. The fourth-order valence-corrected chi connectivity index (χ4v) is 10.9. The molecule has 5 bridgehead atoms. The number of carbonyl (C=O) groups excluding carboxylic acids is 12. The number of ketones is 4. The van der Waals surface area contributed by atoms with Crippen LogP contribution in [0, 0.1) is 29.6 Å². The van der Waals surface area contributed by atoms with E-state index in [1.54, 1.807) is 13.8 Å². The molecule has 1 spiro atoms. The van der Waals surface area contributed by atoms with Crippen molar-refractivity contribution in [2.24, 2.45) is 46.0 Å². The number of aliphatic hydroxyl groups excluding tert-OH is 3. The van der Waals surface area contributed by atoms with Crippen molar-refractivity contribution in [3.05, 3.63) is 0 Å². The number of Topliss-reactive ketones (excluding diaryl/α,β-unsaturated/α-hetero) is 4. The second-order valence-corrected chi connectivity index (χ2v) is 25.1. The van der Waals surface area contributed by atoms with Crippen molar-refractivity contribution >= 4 is 88.5 Å². The molecule has 0 radical (unpaired) electrons.